The molecule has 0 amide bonds. The Labute approximate surface area is 182 Å². The summed E-state index contributed by atoms with van der Waals surface area (Å²) >= 11 is 0. The van der Waals surface area contributed by atoms with Gasteiger partial charge in [-0.2, -0.15) is 51.5 Å². The van der Waals surface area contributed by atoms with E-state index in [9.17, 15) is 26.3 Å². The molecule has 8 nitrogen and oxygen atoms in total. The molecule has 3 aromatic rings. The number of nitrogens with zero attached hydrogens (tertiary/aromatic N) is 5. The molecule has 4 N–H and O–H groups in total. The highest BCUT2D eigenvalue weighted by atomic mass is 19.4. The van der Waals surface area contributed by atoms with E-state index in [0.717, 1.165) is 24.3 Å². The van der Waals surface area contributed by atoms with Gasteiger partial charge < -0.3 is 5.73 Å². The number of rotatable bonds is 6. The second kappa shape index (κ2) is 9.50. The van der Waals surface area contributed by atoms with Crippen LogP contribution in [0.1, 0.15) is 22.3 Å². The van der Waals surface area contributed by atoms with Crippen molar-refractivity contribution in [2.75, 3.05) is 16.6 Å². The Morgan fingerprint density at radius 1 is 0.636 bits per heavy atom. The number of hydrogen-bond donors (Lipinski definition) is 3. The minimum absolute atomic E-state index is 0.0853. The summed E-state index contributed by atoms with van der Waals surface area (Å²) in [6.45, 7) is 0. The summed E-state index contributed by atoms with van der Waals surface area (Å²) in [6, 6.07) is 8.60. The number of nitrogen functional groups attached to an aromatic ring is 1. The zero-order valence-corrected chi connectivity index (χ0v) is 16.4. The van der Waals surface area contributed by atoms with Crippen molar-refractivity contribution in [3.8, 4) is 0 Å². The van der Waals surface area contributed by atoms with Gasteiger partial charge in [0, 0.05) is 0 Å². The average molecular weight is 468 g/mol. The summed E-state index contributed by atoms with van der Waals surface area (Å²) in [5, 5.41) is 7.64. The second-order valence-electron chi connectivity index (χ2n) is 6.32. The van der Waals surface area contributed by atoms with Crippen molar-refractivity contribution in [3.63, 3.8) is 0 Å². The maximum atomic E-state index is 12.6. The lowest BCUT2D eigenvalue weighted by Gasteiger charge is -2.06. The average Bonchev–Trinajstić information content (AvgIpc) is 2.73. The van der Waals surface area contributed by atoms with E-state index in [4.69, 9.17) is 5.73 Å². The van der Waals surface area contributed by atoms with E-state index in [1.807, 2.05) is 0 Å². The van der Waals surface area contributed by atoms with E-state index in [1.54, 1.807) is 0 Å². The molecule has 0 aliphatic rings. The second-order valence-corrected chi connectivity index (χ2v) is 6.32. The molecular weight excluding hydrogens is 454 g/mol. The van der Waals surface area contributed by atoms with Crippen LogP contribution in [0.25, 0.3) is 0 Å². The zero-order chi connectivity index (χ0) is 24.1. The minimum Gasteiger partial charge on any atom is -0.368 e. The minimum atomic E-state index is -4.44. The van der Waals surface area contributed by atoms with Crippen LogP contribution in [0, 0.1) is 0 Å². The van der Waals surface area contributed by atoms with Crippen LogP contribution in [0.15, 0.2) is 58.7 Å². The number of halogens is 6. The molecule has 172 valence electrons. The predicted octanol–water partition coefficient (Wildman–Crippen LogP) is 4.38. The molecule has 2 aromatic carbocycles. The summed E-state index contributed by atoms with van der Waals surface area (Å²) in [7, 11) is 0. The summed E-state index contributed by atoms with van der Waals surface area (Å²) in [6.07, 6.45) is -6.38. The van der Waals surface area contributed by atoms with Crippen LogP contribution in [0.4, 0.5) is 44.2 Å². The molecule has 0 saturated heterocycles. The molecule has 0 spiro atoms. The fourth-order valence-electron chi connectivity index (χ4n) is 2.34. The Morgan fingerprint density at radius 2 is 1.00 bits per heavy atom. The number of nitrogens with two attached hydrogens (primary N) is 1. The molecule has 0 aliphatic heterocycles. The smallest absolute Gasteiger partial charge is 0.368 e. The van der Waals surface area contributed by atoms with Gasteiger partial charge in [0.15, 0.2) is 0 Å². The highest BCUT2D eigenvalue weighted by Crippen LogP contribution is 2.29. The zero-order valence-electron chi connectivity index (χ0n) is 16.4. The number of hydrogen-bond acceptors (Lipinski definition) is 8. The van der Waals surface area contributed by atoms with Gasteiger partial charge in [-0.1, -0.05) is 24.3 Å². The van der Waals surface area contributed by atoms with E-state index >= 15 is 0 Å². The number of benzene rings is 2. The Hall–Kier alpha value is -4.23. The number of anilines is 3. The van der Waals surface area contributed by atoms with Crippen LogP contribution in [0.5, 0.6) is 0 Å². The Bertz CT molecular complexity index is 1050. The van der Waals surface area contributed by atoms with Gasteiger partial charge in [0.1, 0.15) is 0 Å². The first-order chi connectivity index (χ1) is 15.5. The van der Waals surface area contributed by atoms with Crippen molar-refractivity contribution in [2.24, 2.45) is 10.2 Å². The number of hydrazone groups is 2. The Morgan fingerprint density at radius 3 is 1.33 bits per heavy atom. The van der Waals surface area contributed by atoms with E-state index in [-0.39, 0.29) is 17.8 Å². The van der Waals surface area contributed by atoms with Crippen molar-refractivity contribution in [2.45, 2.75) is 12.4 Å². The normalized spacial score (nSPS) is 12.4. The molecule has 1 aromatic heterocycles. The first-order valence-electron chi connectivity index (χ1n) is 8.95. The third-order valence-electron chi connectivity index (χ3n) is 3.89. The van der Waals surface area contributed by atoms with Gasteiger partial charge in [-0.25, -0.2) is 10.9 Å². The van der Waals surface area contributed by atoms with Gasteiger partial charge in [-0.3, -0.25) is 0 Å². The predicted molar refractivity (Wildman–Crippen MR) is 110 cm³/mol. The van der Waals surface area contributed by atoms with Gasteiger partial charge in [-0.15, -0.1) is 0 Å². The first kappa shape index (κ1) is 23.4. The molecule has 0 atom stereocenters. The van der Waals surface area contributed by atoms with E-state index in [0.29, 0.717) is 11.1 Å². The topological polar surface area (TPSA) is 113 Å². The molecule has 14 heteroatoms. The number of alkyl halides is 6. The fourth-order valence-corrected chi connectivity index (χ4v) is 2.34. The molecular formula is C19H14F6N8. The Balaban J connectivity index is 1.61. The molecule has 0 radical (unpaired) electrons. The SMILES string of the molecule is Nc1nc(NN=Cc2ccc(C(F)(F)F)cc2)nc(NN=Cc2ccc(C(F)(F)F)cc2)n1. The summed E-state index contributed by atoms with van der Waals surface area (Å²) < 4.78 is 75.5. The van der Waals surface area contributed by atoms with E-state index in [2.05, 4.69) is 36.0 Å². The Kier molecular flexibility index (Phi) is 6.75. The number of aromatic nitrogens is 3. The fraction of sp³-hybridized carbons (Fsp3) is 0.105. The van der Waals surface area contributed by atoms with Crippen molar-refractivity contribution in [1.29, 1.82) is 0 Å². The quantitative estimate of drug-likeness (QED) is 0.281. The van der Waals surface area contributed by atoms with Gasteiger partial charge >= 0.3 is 12.4 Å². The van der Waals surface area contributed by atoms with Gasteiger partial charge in [0.2, 0.25) is 17.8 Å². The van der Waals surface area contributed by atoms with Crippen molar-refractivity contribution >= 4 is 30.3 Å². The largest absolute Gasteiger partial charge is 0.416 e. The summed E-state index contributed by atoms with van der Waals surface area (Å²) in [5.41, 5.74) is 9.69. The van der Waals surface area contributed by atoms with Crippen LogP contribution in [0.2, 0.25) is 0 Å². The summed E-state index contributed by atoms with van der Waals surface area (Å²) in [4.78, 5) is 11.5. The molecule has 0 saturated carbocycles. The maximum absolute atomic E-state index is 12.6. The molecule has 0 unspecified atom stereocenters. The molecule has 0 fully saturated rings. The van der Waals surface area contributed by atoms with Crippen molar-refractivity contribution < 1.29 is 26.3 Å². The van der Waals surface area contributed by atoms with Crippen LogP contribution in [0.3, 0.4) is 0 Å². The lowest BCUT2D eigenvalue weighted by molar-refractivity contribution is -0.138. The van der Waals surface area contributed by atoms with Crippen LogP contribution < -0.4 is 16.6 Å². The van der Waals surface area contributed by atoms with Crippen LogP contribution in [-0.4, -0.2) is 27.4 Å². The third-order valence-corrected chi connectivity index (χ3v) is 3.89. The molecule has 0 aliphatic carbocycles. The lowest BCUT2D eigenvalue weighted by atomic mass is 10.1. The van der Waals surface area contributed by atoms with Gasteiger partial charge in [0.05, 0.1) is 23.6 Å². The van der Waals surface area contributed by atoms with Gasteiger partial charge in [0.25, 0.3) is 0 Å². The van der Waals surface area contributed by atoms with Crippen molar-refractivity contribution in [1.82, 2.24) is 15.0 Å². The maximum Gasteiger partial charge on any atom is 0.416 e. The highest BCUT2D eigenvalue weighted by Gasteiger charge is 2.30. The van der Waals surface area contributed by atoms with E-state index in [1.165, 1.54) is 36.7 Å². The highest BCUT2D eigenvalue weighted by molar-refractivity contribution is 5.80. The van der Waals surface area contributed by atoms with E-state index < -0.39 is 23.5 Å². The van der Waals surface area contributed by atoms with Crippen LogP contribution >= 0.6 is 0 Å². The molecule has 3 rings (SSSR count). The molecule has 0 bridgehead atoms. The van der Waals surface area contributed by atoms with Gasteiger partial charge in [-0.05, 0) is 35.4 Å². The third kappa shape index (κ3) is 6.88. The number of nitrogens with one attached hydrogen (secondary N) is 2. The lowest BCUT2D eigenvalue weighted by Crippen LogP contribution is -2.07. The van der Waals surface area contributed by atoms with Crippen molar-refractivity contribution in [3.05, 3.63) is 70.8 Å². The first-order valence-corrected chi connectivity index (χ1v) is 8.95. The molecule has 33 heavy (non-hydrogen) atoms. The standard InChI is InChI=1S/C19H14F6N8/c20-18(21,22)13-5-1-11(2-6-13)9-27-32-16-29-15(26)30-17(31-16)33-28-10-12-3-7-14(8-4-12)19(23,24)25/h1-10H,(H4,26,29,30,31,32,33). The summed E-state index contributed by atoms with van der Waals surface area (Å²) in [5.74, 6) is -0.361. The van der Waals surface area contributed by atoms with Crippen LogP contribution in [-0.2, 0) is 12.4 Å². The molecule has 1 heterocycles. The monoisotopic (exact) mass is 468 g/mol.